The van der Waals surface area contributed by atoms with Gasteiger partial charge in [-0.3, -0.25) is 4.79 Å². The highest BCUT2D eigenvalue weighted by Gasteiger charge is 2.20. The Morgan fingerprint density at radius 3 is 2.61 bits per heavy atom. The van der Waals surface area contributed by atoms with Crippen molar-refractivity contribution in [3.05, 3.63) is 4.88 Å². The molecule has 0 aliphatic rings. The Morgan fingerprint density at radius 1 is 1.44 bits per heavy atom. The summed E-state index contributed by atoms with van der Waals surface area (Å²) in [5, 5.41) is 3.80. The maximum Gasteiger partial charge on any atom is 0.267 e. The third kappa shape index (κ3) is 3.58. The number of thiazole rings is 1. The molecular weight excluding hydrogens is 250 g/mol. The lowest BCUT2D eigenvalue weighted by Crippen LogP contribution is -2.29. The van der Waals surface area contributed by atoms with E-state index in [-0.39, 0.29) is 5.91 Å². The fourth-order valence-electron chi connectivity index (χ4n) is 1.43. The van der Waals surface area contributed by atoms with Gasteiger partial charge in [-0.25, -0.2) is 4.98 Å². The summed E-state index contributed by atoms with van der Waals surface area (Å²) < 4.78 is 0. The second-order valence-electron chi connectivity index (χ2n) is 4.29. The van der Waals surface area contributed by atoms with Gasteiger partial charge in [-0.1, -0.05) is 11.3 Å². The second kappa shape index (κ2) is 6.55. The summed E-state index contributed by atoms with van der Waals surface area (Å²) in [5.74, 6) is 0.253. The van der Waals surface area contributed by atoms with E-state index in [1.165, 1.54) is 11.3 Å². The smallest absolute Gasteiger partial charge is 0.267 e. The molecule has 0 radical (unpaired) electrons. The van der Waals surface area contributed by atoms with Crippen molar-refractivity contribution < 1.29 is 4.79 Å². The van der Waals surface area contributed by atoms with Crippen molar-refractivity contribution in [3.8, 4) is 0 Å². The van der Waals surface area contributed by atoms with Gasteiger partial charge in [0.15, 0.2) is 5.13 Å². The van der Waals surface area contributed by atoms with Gasteiger partial charge in [0.25, 0.3) is 5.91 Å². The molecule has 0 aliphatic carbocycles. The molecular formula is C11H21N5OS. The van der Waals surface area contributed by atoms with Gasteiger partial charge in [-0.05, 0) is 20.0 Å². The molecule has 0 saturated heterocycles. The van der Waals surface area contributed by atoms with E-state index in [9.17, 15) is 4.79 Å². The number of carbonyl (C=O) groups excluding carboxylic acids is 1. The molecule has 102 valence electrons. The summed E-state index contributed by atoms with van der Waals surface area (Å²) >= 11 is 1.33. The normalized spacial score (nSPS) is 10.4. The number of anilines is 2. The van der Waals surface area contributed by atoms with Crippen LogP contribution in [0.5, 0.6) is 0 Å². The van der Waals surface area contributed by atoms with Crippen LogP contribution in [0, 0.1) is 0 Å². The first-order valence-corrected chi connectivity index (χ1v) is 6.62. The van der Waals surface area contributed by atoms with Gasteiger partial charge >= 0.3 is 0 Å². The van der Waals surface area contributed by atoms with Crippen molar-refractivity contribution in [1.29, 1.82) is 0 Å². The molecule has 0 bridgehead atoms. The number of amides is 1. The van der Waals surface area contributed by atoms with Crippen LogP contribution in [-0.4, -0.2) is 57.1 Å². The lowest BCUT2D eigenvalue weighted by molar-refractivity contribution is 0.0799. The monoisotopic (exact) mass is 271 g/mol. The predicted octanol–water partition coefficient (Wildman–Crippen LogP) is 0.473. The molecule has 0 spiro atoms. The van der Waals surface area contributed by atoms with Gasteiger partial charge in [0.2, 0.25) is 0 Å². The fourth-order valence-corrected chi connectivity index (χ4v) is 2.34. The first kappa shape index (κ1) is 14.7. The highest BCUT2D eigenvalue weighted by molar-refractivity contribution is 7.18. The molecule has 1 aromatic heterocycles. The summed E-state index contributed by atoms with van der Waals surface area (Å²) in [6, 6.07) is 0. The minimum Gasteiger partial charge on any atom is -0.382 e. The summed E-state index contributed by atoms with van der Waals surface area (Å²) in [6.45, 7) is 1.59. The zero-order valence-corrected chi connectivity index (χ0v) is 12.2. The van der Waals surface area contributed by atoms with Crippen LogP contribution in [0.25, 0.3) is 0 Å². The lowest BCUT2D eigenvalue weighted by Gasteiger charge is -2.16. The molecule has 0 saturated carbocycles. The van der Waals surface area contributed by atoms with Crippen molar-refractivity contribution in [2.45, 2.75) is 6.42 Å². The van der Waals surface area contributed by atoms with Crippen molar-refractivity contribution in [3.63, 3.8) is 0 Å². The quantitative estimate of drug-likeness (QED) is 0.736. The van der Waals surface area contributed by atoms with Gasteiger partial charge in [0.05, 0.1) is 0 Å². The maximum absolute atomic E-state index is 12.2. The van der Waals surface area contributed by atoms with E-state index in [1.54, 1.807) is 11.9 Å². The molecule has 0 atom stereocenters. The number of nitrogens with one attached hydrogen (secondary N) is 1. The topological polar surface area (TPSA) is 74.5 Å². The average molecular weight is 271 g/mol. The van der Waals surface area contributed by atoms with Gasteiger partial charge in [-0.2, -0.15) is 0 Å². The predicted molar refractivity (Wildman–Crippen MR) is 76.4 cm³/mol. The molecule has 1 amide bonds. The van der Waals surface area contributed by atoms with Crippen LogP contribution >= 0.6 is 11.3 Å². The van der Waals surface area contributed by atoms with Gasteiger partial charge in [0, 0.05) is 27.7 Å². The molecule has 3 N–H and O–H groups in total. The van der Waals surface area contributed by atoms with E-state index >= 15 is 0 Å². The molecule has 1 aromatic rings. The Kier molecular flexibility index (Phi) is 5.36. The lowest BCUT2D eigenvalue weighted by atomic mass is 10.3. The fraction of sp³-hybridized carbons (Fsp3) is 0.636. The van der Waals surface area contributed by atoms with Gasteiger partial charge in [-0.15, -0.1) is 0 Å². The number of nitrogen functional groups attached to an aromatic ring is 1. The number of aromatic nitrogens is 1. The molecule has 0 aliphatic heterocycles. The second-order valence-corrected chi connectivity index (χ2v) is 5.27. The number of nitrogens with two attached hydrogens (primary N) is 1. The first-order chi connectivity index (χ1) is 8.47. The molecule has 7 heteroatoms. The van der Waals surface area contributed by atoms with E-state index in [4.69, 9.17) is 5.73 Å². The van der Waals surface area contributed by atoms with Crippen LogP contribution in [0.2, 0.25) is 0 Å². The molecule has 6 nitrogen and oxygen atoms in total. The van der Waals surface area contributed by atoms with Crippen LogP contribution in [0.1, 0.15) is 16.1 Å². The first-order valence-electron chi connectivity index (χ1n) is 5.81. The molecule has 0 unspecified atom stereocenters. The standard InChI is InChI=1S/C11H21N5OS/c1-13-6-5-7-16(4)10(17)8-9(12)14-11(18-8)15(2)3/h13H,5-7,12H2,1-4H3. The molecule has 0 fully saturated rings. The van der Waals surface area contributed by atoms with Crippen molar-refractivity contribution in [2.75, 3.05) is 51.9 Å². The highest BCUT2D eigenvalue weighted by atomic mass is 32.1. The molecule has 1 rings (SSSR count). The largest absolute Gasteiger partial charge is 0.382 e. The average Bonchev–Trinajstić information content (AvgIpc) is 2.70. The minimum absolute atomic E-state index is 0.0609. The summed E-state index contributed by atoms with van der Waals surface area (Å²) in [5.41, 5.74) is 5.79. The van der Waals surface area contributed by atoms with Crippen LogP contribution < -0.4 is 16.0 Å². The number of rotatable bonds is 6. The van der Waals surface area contributed by atoms with E-state index in [2.05, 4.69) is 10.3 Å². The minimum atomic E-state index is -0.0609. The van der Waals surface area contributed by atoms with Gasteiger partial charge < -0.3 is 20.9 Å². The summed E-state index contributed by atoms with van der Waals surface area (Å²) in [4.78, 5) is 20.4. The number of carbonyl (C=O) groups is 1. The van der Waals surface area contributed by atoms with Crippen molar-refractivity contribution in [1.82, 2.24) is 15.2 Å². The maximum atomic E-state index is 12.2. The van der Waals surface area contributed by atoms with Crippen LogP contribution in [0.15, 0.2) is 0 Å². The van der Waals surface area contributed by atoms with Crippen molar-refractivity contribution in [2.24, 2.45) is 0 Å². The number of hydrogen-bond acceptors (Lipinski definition) is 6. The Balaban J connectivity index is 2.71. The Labute approximate surface area is 112 Å². The van der Waals surface area contributed by atoms with Crippen molar-refractivity contribution >= 4 is 28.2 Å². The Hall–Kier alpha value is -1.34. The Bertz CT molecular complexity index is 404. The number of hydrogen-bond donors (Lipinski definition) is 2. The summed E-state index contributed by atoms with van der Waals surface area (Å²) in [7, 11) is 7.44. The zero-order chi connectivity index (χ0) is 13.7. The van der Waals surface area contributed by atoms with Gasteiger partial charge in [0.1, 0.15) is 10.7 Å². The van der Waals surface area contributed by atoms with E-state index in [0.717, 1.165) is 18.1 Å². The zero-order valence-electron chi connectivity index (χ0n) is 11.4. The number of nitrogens with zero attached hydrogens (tertiary/aromatic N) is 3. The molecule has 1 heterocycles. The van der Waals surface area contributed by atoms with Crippen LogP contribution in [0.3, 0.4) is 0 Å². The van der Waals surface area contributed by atoms with Crippen LogP contribution in [-0.2, 0) is 0 Å². The molecule has 0 aromatic carbocycles. The highest BCUT2D eigenvalue weighted by Crippen LogP contribution is 2.27. The molecule has 18 heavy (non-hydrogen) atoms. The third-order valence-corrected chi connectivity index (χ3v) is 3.71. The van der Waals surface area contributed by atoms with E-state index in [1.807, 2.05) is 26.0 Å². The Morgan fingerprint density at radius 2 is 2.11 bits per heavy atom. The SMILES string of the molecule is CNCCCN(C)C(=O)c1sc(N(C)C)nc1N. The van der Waals surface area contributed by atoms with E-state index in [0.29, 0.717) is 17.2 Å². The van der Waals surface area contributed by atoms with Crippen LogP contribution in [0.4, 0.5) is 10.9 Å². The van der Waals surface area contributed by atoms with E-state index < -0.39 is 0 Å². The third-order valence-electron chi connectivity index (χ3n) is 2.49. The summed E-state index contributed by atoms with van der Waals surface area (Å²) in [6.07, 6.45) is 0.915.